The number of rotatable bonds is 1. The summed E-state index contributed by atoms with van der Waals surface area (Å²) in [5, 5.41) is 0.893. The molecule has 1 aromatic heterocycles. The highest BCUT2D eigenvalue weighted by atomic mass is 79.9. The predicted molar refractivity (Wildman–Crippen MR) is 82.7 cm³/mol. The van der Waals surface area contributed by atoms with E-state index in [4.69, 9.17) is 5.73 Å². The Bertz CT molecular complexity index is 681. The van der Waals surface area contributed by atoms with Crippen molar-refractivity contribution in [1.82, 2.24) is 9.88 Å². The molecule has 2 N–H and O–H groups in total. The number of hydrogen-bond acceptors (Lipinski definition) is 3. The van der Waals surface area contributed by atoms with E-state index in [1.807, 2.05) is 36.1 Å². The van der Waals surface area contributed by atoms with Crippen LogP contribution in [0.4, 0.5) is 0 Å². The second-order valence-corrected chi connectivity index (χ2v) is 6.19. The van der Waals surface area contributed by atoms with Crippen molar-refractivity contribution >= 4 is 32.7 Å². The summed E-state index contributed by atoms with van der Waals surface area (Å²) in [7, 11) is 0. The van der Waals surface area contributed by atoms with Gasteiger partial charge in [-0.2, -0.15) is 0 Å². The third kappa shape index (κ3) is 2.43. The maximum atomic E-state index is 12.7. The topological polar surface area (TPSA) is 59.2 Å². The van der Waals surface area contributed by atoms with Crippen molar-refractivity contribution in [3.8, 4) is 0 Å². The van der Waals surface area contributed by atoms with Crippen molar-refractivity contribution in [2.45, 2.75) is 19.4 Å². The maximum Gasteiger partial charge on any atom is 0.254 e. The first-order valence-electron chi connectivity index (χ1n) is 6.66. The number of carbonyl (C=O) groups excluding carboxylic acids is 1. The standard InChI is InChI=1S/C15H16BrN3O/c1-9-6-13(15(20)19-5-4-11(17)8-19)12-3-2-10(16)7-14(12)18-9/h2-3,6-7,11H,4-5,8,17H2,1H3/t11-/m1/s1. The molecular formula is C15H16BrN3O. The third-order valence-corrected chi connectivity index (χ3v) is 4.14. The molecular weight excluding hydrogens is 318 g/mol. The van der Waals surface area contributed by atoms with Crippen molar-refractivity contribution in [2.24, 2.45) is 5.73 Å². The lowest BCUT2D eigenvalue weighted by molar-refractivity contribution is 0.0792. The van der Waals surface area contributed by atoms with Gasteiger partial charge in [0.1, 0.15) is 0 Å². The lowest BCUT2D eigenvalue weighted by Crippen LogP contribution is -2.32. The van der Waals surface area contributed by atoms with E-state index in [0.29, 0.717) is 12.1 Å². The number of fused-ring (bicyclic) bond motifs is 1. The molecule has 0 radical (unpaired) electrons. The monoisotopic (exact) mass is 333 g/mol. The Balaban J connectivity index is 2.08. The highest BCUT2D eigenvalue weighted by Gasteiger charge is 2.25. The molecule has 104 valence electrons. The van der Waals surface area contributed by atoms with E-state index in [1.165, 1.54) is 0 Å². The molecule has 1 aromatic carbocycles. The first-order chi connectivity index (χ1) is 9.54. The highest BCUT2D eigenvalue weighted by Crippen LogP contribution is 2.24. The van der Waals surface area contributed by atoms with Crippen LogP contribution in [0.2, 0.25) is 0 Å². The van der Waals surface area contributed by atoms with Crippen molar-refractivity contribution < 1.29 is 4.79 Å². The maximum absolute atomic E-state index is 12.7. The molecule has 1 saturated heterocycles. The summed E-state index contributed by atoms with van der Waals surface area (Å²) >= 11 is 3.44. The van der Waals surface area contributed by atoms with Crippen molar-refractivity contribution in [3.05, 3.63) is 40.0 Å². The number of amides is 1. The van der Waals surface area contributed by atoms with Crippen molar-refractivity contribution in [2.75, 3.05) is 13.1 Å². The van der Waals surface area contributed by atoms with Crippen LogP contribution in [0, 0.1) is 6.92 Å². The molecule has 0 saturated carbocycles. The lowest BCUT2D eigenvalue weighted by atomic mass is 10.1. The van der Waals surface area contributed by atoms with Crippen LogP contribution in [0.25, 0.3) is 10.9 Å². The average molecular weight is 334 g/mol. The van der Waals surface area contributed by atoms with E-state index in [-0.39, 0.29) is 11.9 Å². The number of aromatic nitrogens is 1. The van der Waals surface area contributed by atoms with Crippen LogP contribution < -0.4 is 5.73 Å². The van der Waals surface area contributed by atoms with Gasteiger partial charge in [0.05, 0.1) is 11.1 Å². The molecule has 0 unspecified atom stereocenters. The van der Waals surface area contributed by atoms with Gasteiger partial charge in [-0.1, -0.05) is 22.0 Å². The molecule has 2 heterocycles. The predicted octanol–water partition coefficient (Wildman–Crippen LogP) is 2.48. The highest BCUT2D eigenvalue weighted by molar-refractivity contribution is 9.10. The normalized spacial score (nSPS) is 18.8. The first kappa shape index (κ1) is 13.5. The van der Waals surface area contributed by atoms with E-state index in [1.54, 1.807) is 0 Å². The molecule has 1 aliphatic rings. The summed E-state index contributed by atoms with van der Waals surface area (Å²) in [6.45, 7) is 3.28. The molecule has 1 fully saturated rings. The van der Waals surface area contributed by atoms with Crippen LogP contribution in [0.15, 0.2) is 28.7 Å². The molecule has 3 rings (SSSR count). The van der Waals surface area contributed by atoms with Crippen LogP contribution in [-0.2, 0) is 0 Å². The van der Waals surface area contributed by atoms with Gasteiger partial charge in [0.25, 0.3) is 5.91 Å². The third-order valence-electron chi connectivity index (χ3n) is 3.64. The summed E-state index contributed by atoms with van der Waals surface area (Å²) in [5.74, 6) is 0.0516. The number of benzene rings is 1. The number of nitrogens with two attached hydrogens (primary N) is 1. The minimum atomic E-state index is 0.0516. The van der Waals surface area contributed by atoms with Gasteiger partial charge in [0.2, 0.25) is 0 Å². The van der Waals surface area contributed by atoms with E-state index >= 15 is 0 Å². The second-order valence-electron chi connectivity index (χ2n) is 5.27. The SMILES string of the molecule is Cc1cc(C(=O)N2CC[C@@H](N)C2)c2ccc(Br)cc2n1. The van der Waals surface area contributed by atoms with Gasteiger partial charge in [0, 0.05) is 34.7 Å². The fourth-order valence-electron chi connectivity index (χ4n) is 2.65. The summed E-state index contributed by atoms with van der Waals surface area (Å²) in [6, 6.07) is 7.78. The lowest BCUT2D eigenvalue weighted by Gasteiger charge is -2.17. The Morgan fingerprint density at radius 2 is 2.25 bits per heavy atom. The van der Waals surface area contributed by atoms with Gasteiger partial charge >= 0.3 is 0 Å². The van der Waals surface area contributed by atoms with E-state index in [9.17, 15) is 4.79 Å². The summed E-state index contributed by atoms with van der Waals surface area (Å²) in [5.41, 5.74) is 8.30. The van der Waals surface area contributed by atoms with Gasteiger partial charge in [-0.05, 0) is 31.5 Å². The van der Waals surface area contributed by atoms with E-state index in [2.05, 4.69) is 20.9 Å². The fourth-order valence-corrected chi connectivity index (χ4v) is 3.00. The molecule has 20 heavy (non-hydrogen) atoms. The minimum Gasteiger partial charge on any atom is -0.337 e. The average Bonchev–Trinajstić information content (AvgIpc) is 2.83. The number of hydrogen-bond donors (Lipinski definition) is 1. The van der Waals surface area contributed by atoms with Gasteiger partial charge < -0.3 is 10.6 Å². The Morgan fingerprint density at radius 1 is 1.45 bits per heavy atom. The molecule has 1 atom stereocenters. The smallest absolute Gasteiger partial charge is 0.254 e. The largest absolute Gasteiger partial charge is 0.337 e. The van der Waals surface area contributed by atoms with Crippen molar-refractivity contribution in [1.29, 1.82) is 0 Å². The number of aryl methyl sites for hydroxylation is 1. The summed E-state index contributed by atoms with van der Waals surface area (Å²) in [4.78, 5) is 19.0. The molecule has 2 aromatic rings. The Morgan fingerprint density at radius 3 is 2.95 bits per heavy atom. The van der Waals surface area contributed by atoms with Gasteiger partial charge in [0.15, 0.2) is 0 Å². The summed E-state index contributed by atoms with van der Waals surface area (Å²) in [6.07, 6.45) is 0.874. The number of carbonyl (C=O) groups is 1. The van der Waals surface area contributed by atoms with Gasteiger partial charge in [-0.15, -0.1) is 0 Å². The molecule has 0 aliphatic carbocycles. The Hall–Kier alpha value is -1.46. The molecule has 4 nitrogen and oxygen atoms in total. The molecule has 0 spiro atoms. The number of nitrogens with zero attached hydrogens (tertiary/aromatic N) is 2. The fraction of sp³-hybridized carbons (Fsp3) is 0.333. The zero-order valence-corrected chi connectivity index (χ0v) is 12.9. The van der Waals surface area contributed by atoms with Crippen LogP contribution in [0.1, 0.15) is 22.5 Å². The van der Waals surface area contributed by atoms with Crippen LogP contribution in [0.5, 0.6) is 0 Å². The number of likely N-dealkylation sites (tertiary alicyclic amines) is 1. The van der Waals surface area contributed by atoms with Crippen molar-refractivity contribution in [3.63, 3.8) is 0 Å². The molecule has 5 heteroatoms. The van der Waals surface area contributed by atoms with Gasteiger partial charge in [-0.3, -0.25) is 9.78 Å². The van der Waals surface area contributed by atoms with E-state index < -0.39 is 0 Å². The zero-order valence-electron chi connectivity index (χ0n) is 11.3. The van der Waals surface area contributed by atoms with Crippen LogP contribution >= 0.6 is 15.9 Å². The quantitative estimate of drug-likeness (QED) is 0.872. The van der Waals surface area contributed by atoms with Crippen LogP contribution in [-0.4, -0.2) is 34.9 Å². The number of pyridine rings is 1. The molecule has 1 aliphatic heterocycles. The Kier molecular flexibility index (Phi) is 3.48. The first-order valence-corrected chi connectivity index (χ1v) is 7.45. The van der Waals surface area contributed by atoms with Crippen LogP contribution in [0.3, 0.4) is 0 Å². The second kappa shape index (κ2) is 5.14. The summed E-state index contributed by atoms with van der Waals surface area (Å²) < 4.78 is 0.963. The number of halogens is 1. The zero-order chi connectivity index (χ0) is 14.3. The van der Waals surface area contributed by atoms with Gasteiger partial charge in [-0.25, -0.2) is 0 Å². The van der Waals surface area contributed by atoms with E-state index in [0.717, 1.165) is 34.0 Å². The molecule has 1 amide bonds. The minimum absolute atomic E-state index is 0.0516. The Labute approximate surface area is 126 Å². The molecule has 0 bridgehead atoms.